The molecule has 0 aliphatic rings. The minimum absolute atomic E-state index is 0.291. The second-order valence-electron chi connectivity index (χ2n) is 4.93. The minimum atomic E-state index is -0.730. The normalized spacial score (nSPS) is 11.3. The summed E-state index contributed by atoms with van der Waals surface area (Å²) < 4.78 is 5.57. The van der Waals surface area contributed by atoms with E-state index < -0.39 is 6.10 Å². The van der Waals surface area contributed by atoms with E-state index in [0.29, 0.717) is 22.7 Å². The molecule has 0 aromatic heterocycles. The van der Waals surface area contributed by atoms with Crippen molar-refractivity contribution in [2.75, 3.05) is 11.1 Å². The van der Waals surface area contributed by atoms with Crippen LogP contribution < -0.4 is 15.8 Å². The van der Waals surface area contributed by atoms with E-state index in [9.17, 15) is 4.79 Å². The topological polar surface area (TPSA) is 88.1 Å². The smallest absolute Gasteiger partial charge is 0.265 e. The zero-order chi connectivity index (χ0) is 16.1. The average Bonchev–Trinajstić information content (AvgIpc) is 2.50. The van der Waals surface area contributed by atoms with Crippen LogP contribution in [-0.4, -0.2) is 12.0 Å². The number of rotatable bonds is 4. The molecule has 5 heteroatoms. The first kappa shape index (κ1) is 15.4. The van der Waals surface area contributed by atoms with Gasteiger partial charge in [-0.1, -0.05) is 12.1 Å². The van der Waals surface area contributed by atoms with E-state index in [2.05, 4.69) is 5.32 Å². The van der Waals surface area contributed by atoms with Crippen LogP contribution in [0.1, 0.15) is 18.1 Å². The molecule has 0 bridgehead atoms. The number of amides is 1. The summed E-state index contributed by atoms with van der Waals surface area (Å²) in [5, 5.41) is 11.8. The molecule has 1 atom stereocenters. The second kappa shape index (κ2) is 6.64. The molecule has 0 saturated heterocycles. The van der Waals surface area contributed by atoms with Crippen molar-refractivity contribution in [2.45, 2.75) is 20.0 Å². The Morgan fingerprint density at radius 1 is 1.32 bits per heavy atom. The molecule has 3 N–H and O–H groups in total. The number of nitriles is 1. The van der Waals surface area contributed by atoms with Crippen LogP contribution in [0, 0.1) is 18.3 Å². The Labute approximate surface area is 129 Å². The quantitative estimate of drug-likeness (QED) is 0.849. The highest BCUT2D eigenvalue weighted by molar-refractivity contribution is 5.95. The fourth-order valence-corrected chi connectivity index (χ4v) is 1.97. The van der Waals surface area contributed by atoms with Crippen LogP contribution in [0.5, 0.6) is 5.75 Å². The van der Waals surface area contributed by atoms with Crippen molar-refractivity contribution in [2.24, 2.45) is 0 Å². The first-order valence-electron chi connectivity index (χ1n) is 6.84. The molecule has 22 heavy (non-hydrogen) atoms. The molecular formula is C17H17N3O2. The number of benzene rings is 2. The number of ether oxygens (including phenoxy) is 1. The zero-order valence-electron chi connectivity index (χ0n) is 12.5. The van der Waals surface area contributed by atoms with Gasteiger partial charge in [0.05, 0.1) is 5.56 Å². The lowest BCUT2D eigenvalue weighted by molar-refractivity contribution is -0.122. The highest BCUT2D eigenvalue weighted by Crippen LogP contribution is 2.20. The first-order valence-corrected chi connectivity index (χ1v) is 6.84. The van der Waals surface area contributed by atoms with E-state index in [1.165, 1.54) is 0 Å². The van der Waals surface area contributed by atoms with E-state index >= 15 is 0 Å². The Morgan fingerprint density at radius 3 is 2.73 bits per heavy atom. The Bertz CT molecular complexity index is 735. The van der Waals surface area contributed by atoms with Crippen LogP contribution >= 0.6 is 0 Å². The molecule has 1 amide bonds. The zero-order valence-corrected chi connectivity index (χ0v) is 12.5. The highest BCUT2D eigenvalue weighted by atomic mass is 16.5. The fourth-order valence-electron chi connectivity index (χ4n) is 1.97. The number of hydrogen-bond donors (Lipinski definition) is 2. The number of para-hydroxylation sites is 1. The van der Waals surface area contributed by atoms with Gasteiger partial charge in [0.1, 0.15) is 11.8 Å². The van der Waals surface area contributed by atoms with E-state index in [1.807, 2.05) is 13.0 Å². The van der Waals surface area contributed by atoms with Crippen LogP contribution in [0.3, 0.4) is 0 Å². The Balaban J connectivity index is 2.08. The van der Waals surface area contributed by atoms with E-state index in [4.69, 9.17) is 15.7 Å². The van der Waals surface area contributed by atoms with Crippen molar-refractivity contribution in [3.63, 3.8) is 0 Å². The molecule has 5 nitrogen and oxygen atoms in total. The maximum absolute atomic E-state index is 12.2. The third-order valence-corrected chi connectivity index (χ3v) is 3.19. The number of nitrogens with one attached hydrogen (secondary N) is 1. The van der Waals surface area contributed by atoms with Crippen molar-refractivity contribution in [1.82, 2.24) is 0 Å². The van der Waals surface area contributed by atoms with Crippen LogP contribution in [-0.2, 0) is 4.79 Å². The molecule has 0 spiro atoms. The van der Waals surface area contributed by atoms with Gasteiger partial charge in [-0.15, -0.1) is 0 Å². The van der Waals surface area contributed by atoms with Gasteiger partial charge in [0, 0.05) is 11.4 Å². The number of nitrogen functional groups attached to an aromatic ring is 1. The summed E-state index contributed by atoms with van der Waals surface area (Å²) in [6, 6.07) is 14.1. The fraction of sp³-hybridized carbons (Fsp3) is 0.176. The lowest BCUT2D eigenvalue weighted by Gasteiger charge is -2.16. The summed E-state index contributed by atoms with van der Waals surface area (Å²) in [6.45, 7) is 3.50. The SMILES string of the molecule is Cc1cc(N)ccc1NC(=O)C(C)Oc1ccccc1C#N. The third kappa shape index (κ3) is 3.55. The van der Waals surface area contributed by atoms with Crippen LogP contribution in [0.15, 0.2) is 42.5 Å². The van der Waals surface area contributed by atoms with Gasteiger partial charge >= 0.3 is 0 Å². The largest absolute Gasteiger partial charge is 0.480 e. The number of carbonyl (C=O) groups is 1. The molecule has 2 rings (SSSR count). The maximum Gasteiger partial charge on any atom is 0.265 e. The van der Waals surface area contributed by atoms with Crippen molar-refractivity contribution >= 4 is 17.3 Å². The first-order chi connectivity index (χ1) is 10.5. The lowest BCUT2D eigenvalue weighted by Crippen LogP contribution is -2.30. The van der Waals surface area contributed by atoms with Crippen molar-refractivity contribution < 1.29 is 9.53 Å². The average molecular weight is 295 g/mol. The molecule has 112 valence electrons. The van der Waals surface area contributed by atoms with Gasteiger partial charge in [0.15, 0.2) is 6.10 Å². The summed E-state index contributed by atoms with van der Waals surface area (Å²) in [4.78, 5) is 12.2. The van der Waals surface area contributed by atoms with E-state index in [1.54, 1.807) is 49.4 Å². The van der Waals surface area contributed by atoms with E-state index in [-0.39, 0.29) is 5.91 Å². The third-order valence-electron chi connectivity index (χ3n) is 3.19. The molecule has 1 unspecified atom stereocenters. The molecule has 0 aliphatic heterocycles. The van der Waals surface area contributed by atoms with Crippen molar-refractivity contribution in [3.05, 3.63) is 53.6 Å². The van der Waals surface area contributed by atoms with Crippen molar-refractivity contribution in [1.29, 1.82) is 5.26 Å². The predicted octanol–water partition coefficient (Wildman–Crippen LogP) is 2.85. The monoisotopic (exact) mass is 295 g/mol. The molecule has 2 aromatic carbocycles. The summed E-state index contributed by atoms with van der Waals surface area (Å²) in [5.41, 5.74) is 8.28. The van der Waals surface area contributed by atoms with Crippen LogP contribution in [0.25, 0.3) is 0 Å². The standard InChI is InChI=1S/C17H17N3O2/c1-11-9-14(19)7-8-15(11)20-17(21)12(2)22-16-6-4-3-5-13(16)10-18/h3-9,12H,19H2,1-2H3,(H,20,21). The van der Waals surface area contributed by atoms with Gasteiger partial charge in [0.25, 0.3) is 5.91 Å². The van der Waals surface area contributed by atoms with Gasteiger partial charge in [-0.25, -0.2) is 0 Å². The van der Waals surface area contributed by atoms with E-state index in [0.717, 1.165) is 5.56 Å². The summed E-state index contributed by atoms with van der Waals surface area (Å²) in [5.74, 6) is 0.0993. The number of aryl methyl sites for hydroxylation is 1. The number of hydrogen-bond acceptors (Lipinski definition) is 4. The highest BCUT2D eigenvalue weighted by Gasteiger charge is 2.17. The summed E-state index contributed by atoms with van der Waals surface area (Å²) in [7, 11) is 0. The van der Waals surface area contributed by atoms with Gasteiger partial charge in [-0.3, -0.25) is 4.79 Å². The summed E-state index contributed by atoms with van der Waals surface area (Å²) in [6.07, 6.45) is -0.730. The van der Waals surface area contributed by atoms with Gasteiger partial charge < -0.3 is 15.8 Å². The maximum atomic E-state index is 12.2. The van der Waals surface area contributed by atoms with Gasteiger partial charge in [-0.05, 0) is 49.7 Å². The molecule has 0 aliphatic carbocycles. The number of nitrogens with zero attached hydrogens (tertiary/aromatic N) is 1. The van der Waals surface area contributed by atoms with Crippen LogP contribution in [0.2, 0.25) is 0 Å². The minimum Gasteiger partial charge on any atom is -0.480 e. The van der Waals surface area contributed by atoms with Crippen molar-refractivity contribution in [3.8, 4) is 11.8 Å². The Hall–Kier alpha value is -3.00. The summed E-state index contributed by atoms with van der Waals surface area (Å²) >= 11 is 0. The molecule has 2 aromatic rings. The van der Waals surface area contributed by atoms with Gasteiger partial charge in [-0.2, -0.15) is 5.26 Å². The molecule has 0 heterocycles. The molecular weight excluding hydrogens is 278 g/mol. The molecule has 0 fully saturated rings. The second-order valence-corrected chi connectivity index (χ2v) is 4.93. The van der Waals surface area contributed by atoms with Crippen LogP contribution in [0.4, 0.5) is 11.4 Å². The molecule has 0 saturated carbocycles. The number of carbonyl (C=O) groups excluding carboxylic acids is 1. The number of anilines is 2. The predicted molar refractivity (Wildman–Crippen MR) is 85.5 cm³/mol. The molecule has 0 radical (unpaired) electrons. The Morgan fingerprint density at radius 2 is 2.05 bits per heavy atom. The Kier molecular flexibility index (Phi) is 4.64. The van der Waals surface area contributed by atoms with Gasteiger partial charge in [0.2, 0.25) is 0 Å². The number of nitrogens with two attached hydrogens (primary N) is 1. The lowest BCUT2D eigenvalue weighted by atomic mass is 10.1.